The van der Waals surface area contributed by atoms with Gasteiger partial charge in [0, 0.05) is 10.4 Å². The molecule has 0 aliphatic rings. The molecule has 0 aliphatic carbocycles. The molecule has 0 radical (unpaired) electrons. The molecule has 0 aliphatic heterocycles. The molecule has 1 aromatic carbocycles. The van der Waals surface area contributed by atoms with Gasteiger partial charge in [-0.2, -0.15) is 0 Å². The molecule has 5 nitrogen and oxygen atoms in total. The van der Waals surface area contributed by atoms with Crippen LogP contribution in [0.3, 0.4) is 0 Å². The zero-order valence-electron chi connectivity index (χ0n) is 11.6. The average Bonchev–Trinajstić information content (AvgIpc) is 2.77. The molecule has 112 valence electrons. The number of hydrogen-bond acceptors (Lipinski definition) is 5. The Bertz CT molecular complexity index is 782. The Labute approximate surface area is 133 Å². The summed E-state index contributed by atoms with van der Waals surface area (Å²) in [6.45, 7) is 3.89. The van der Waals surface area contributed by atoms with E-state index in [9.17, 15) is 8.42 Å². The number of thiocarbonyl (C=S) groups is 1. The normalized spacial score (nSPS) is 11.3. The number of nitrogens with two attached hydrogens (primary N) is 1. The molecule has 0 saturated heterocycles. The van der Waals surface area contributed by atoms with Crippen LogP contribution in [-0.4, -0.2) is 18.4 Å². The minimum absolute atomic E-state index is 0.0422. The summed E-state index contributed by atoms with van der Waals surface area (Å²) in [5.74, 6) is 0. The molecule has 0 atom stereocenters. The van der Waals surface area contributed by atoms with Gasteiger partial charge in [-0.25, -0.2) is 13.4 Å². The maximum atomic E-state index is 12.5. The van der Waals surface area contributed by atoms with E-state index in [4.69, 9.17) is 18.0 Å². The van der Waals surface area contributed by atoms with E-state index < -0.39 is 10.0 Å². The predicted octanol–water partition coefficient (Wildman–Crippen LogP) is 2.45. The number of aryl methyl sites for hydroxylation is 2. The molecule has 2 rings (SSSR count). The van der Waals surface area contributed by atoms with E-state index in [0.29, 0.717) is 10.7 Å². The molecule has 1 aromatic heterocycles. The van der Waals surface area contributed by atoms with Crippen molar-refractivity contribution < 1.29 is 8.42 Å². The van der Waals surface area contributed by atoms with Gasteiger partial charge in [0.15, 0.2) is 5.13 Å². The highest BCUT2D eigenvalue weighted by Crippen LogP contribution is 2.26. The molecular weight excluding hydrogens is 326 g/mol. The van der Waals surface area contributed by atoms with Gasteiger partial charge in [-0.1, -0.05) is 37.3 Å². The fraction of sp³-hybridized carbons (Fsp3) is 0.231. The number of sulfonamides is 1. The van der Waals surface area contributed by atoms with E-state index in [2.05, 4.69) is 9.71 Å². The number of aromatic nitrogens is 1. The van der Waals surface area contributed by atoms with Crippen LogP contribution >= 0.6 is 23.6 Å². The highest BCUT2D eigenvalue weighted by molar-refractivity contribution is 7.93. The van der Waals surface area contributed by atoms with E-state index >= 15 is 0 Å². The predicted molar refractivity (Wildman–Crippen MR) is 89.4 cm³/mol. The topological polar surface area (TPSA) is 85.1 Å². The lowest BCUT2D eigenvalue weighted by Gasteiger charge is -2.09. The highest BCUT2D eigenvalue weighted by atomic mass is 32.2. The first-order valence-corrected chi connectivity index (χ1v) is 8.94. The number of thiazole rings is 1. The zero-order chi connectivity index (χ0) is 15.6. The monoisotopic (exact) mass is 341 g/mol. The van der Waals surface area contributed by atoms with Gasteiger partial charge in [0.2, 0.25) is 0 Å². The van der Waals surface area contributed by atoms with Gasteiger partial charge < -0.3 is 5.73 Å². The van der Waals surface area contributed by atoms with Gasteiger partial charge in [0.1, 0.15) is 4.99 Å². The Morgan fingerprint density at radius 3 is 2.67 bits per heavy atom. The second-order valence-electron chi connectivity index (χ2n) is 4.34. The summed E-state index contributed by atoms with van der Waals surface area (Å²) in [7, 11) is -3.77. The fourth-order valence-electron chi connectivity index (χ4n) is 1.87. The van der Waals surface area contributed by atoms with Gasteiger partial charge in [0.25, 0.3) is 10.0 Å². The summed E-state index contributed by atoms with van der Waals surface area (Å²) in [5, 5.41) is 0.349. The van der Waals surface area contributed by atoms with Crippen molar-refractivity contribution in [3.63, 3.8) is 0 Å². The Morgan fingerprint density at radius 1 is 1.43 bits per heavy atom. The molecule has 0 fully saturated rings. The molecular formula is C13H15N3O2S3. The Kier molecular flexibility index (Phi) is 4.60. The second kappa shape index (κ2) is 6.08. The molecule has 3 N–H and O–H groups in total. The van der Waals surface area contributed by atoms with Gasteiger partial charge in [0.05, 0.1) is 10.6 Å². The zero-order valence-corrected chi connectivity index (χ0v) is 14.0. The summed E-state index contributed by atoms with van der Waals surface area (Å²) in [4.78, 5) is 5.38. The van der Waals surface area contributed by atoms with E-state index in [1.54, 1.807) is 18.2 Å². The van der Waals surface area contributed by atoms with Crippen LogP contribution in [0.15, 0.2) is 29.2 Å². The van der Waals surface area contributed by atoms with Crippen LogP contribution in [-0.2, 0) is 16.4 Å². The minimum Gasteiger partial charge on any atom is -0.389 e. The van der Waals surface area contributed by atoms with E-state index in [0.717, 1.165) is 17.0 Å². The summed E-state index contributed by atoms with van der Waals surface area (Å²) < 4.78 is 27.4. The second-order valence-corrected chi connectivity index (χ2v) is 7.64. The lowest BCUT2D eigenvalue weighted by Crippen LogP contribution is -2.19. The number of rotatable bonds is 5. The summed E-state index contributed by atoms with van der Waals surface area (Å²) in [6, 6.07) is 6.37. The van der Waals surface area contributed by atoms with Crippen molar-refractivity contribution in [1.82, 2.24) is 4.98 Å². The van der Waals surface area contributed by atoms with Gasteiger partial charge in [-0.05, 0) is 19.4 Å². The molecule has 0 bridgehead atoms. The van der Waals surface area contributed by atoms with Crippen molar-refractivity contribution in [3.05, 3.63) is 40.4 Å². The van der Waals surface area contributed by atoms with E-state index in [1.165, 1.54) is 17.4 Å². The van der Waals surface area contributed by atoms with Crippen molar-refractivity contribution in [2.24, 2.45) is 5.73 Å². The first kappa shape index (κ1) is 15.9. The van der Waals surface area contributed by atoms with E-state index in [1.807, 2.05) is 13.8 Å². The maximum absolute atomic E-state index is 12.5. The van der Waals surface area contributed by atoms with Gasteiger partial charge in [-0.15, -0.1) is 11.3 Å². The summed E-state index contributed by atoms with van der Waals surface area (Å²) in [5.41, 5.74) is 6.79. The molecule has 21 heavy (non-hydrogen) atoms. The maximum Gasteiger partial charge on any atom is 0.264 e. The van der Waals surface area contributed by atoms with Crippen molar-refractivity contribution in [2.45, 2.75) is 25.2 Å². The van der Waals surface area contributed by atoms with Gasteiger partial charge in [-0.3, -0.25) is 4.72 Å². The van der Waals surface area contributed by atoms with Crippen LogP contribution in [0.4, 0.5) is 5.13 Å². The lowest BCUT2D eigenvalue weighted by molar-refractivity contribution is 0.601. The van der Waals surface area contributed by atoms with Crippen LogP contribution in [0.5, 0.6) is 0 Å². The standard InChI is InChI=1S/C13H15N3O2S3/c1-3-10-8(2)20-13(15-10)16-21(17,18)11-7-5-4-6-9(11)12(14)19/h4-7H,3H2,1-2H3,(H2,14,19)(H,15,16). The number of nitrogens with one attached hydrogen (secondary N) is 1. The van der Waals surface area contributed by atoms with Gasteiger partial charge >= 0.3 is 0 Å². The van der Waals surface area contributed by atoms with Crippen molar-refractivity contribution >= 4 is 43.7 Å². The molecule has 2 aromatic rings. The van der Waals surface area contributed by atoms with E-state index in [-0.39, 0.29) is 9.88 Å². The number of hydrogen-bond donors (Lipinski definition) is 2. The highest BCUT2D eigenvalue weighted by Gasteiger charge is 2.21. The average molecular weight is 341 g/mol. The first-order chi connectivity index (χ1) is 9.85. The lowest BCUT2D eigenvalue weighted by atomic mass is 10.2. The van der Waals surface area contributed by atoms with Crippen LogP contribution in [0, 0.1) is 6.92 Å². The Morgan fingerprint density at radius 2 is 2.10 bits per heavy atom. The van der Waals surface area contributed by atoms with Crippen LogP contribution in [0.25, 0.3) is 0 Å². The van der Waals surface area contributed by atoms with Crippen molar-refractivity contribution in [3.8, 4) is 0 Å². The van der Waals surface area contributed by atoms with Crippen molar-refractivity contribution in [1.29, 1.82) is 0 Å². The molecule has 0 unspecified atom stereocenters. The molecule has 0 spiro atoms. The third-order valence-electron chi connectivity index (χ3n) is 2.89. The summed E-state index contributed by atoms with van der Waals surface area (Å²) in [6.07, 6.45) is 0.757. The quantitative estimate of drug-likeness (QED) is 0.816. The molecule has 1 heterocycles. The molecule has 0 amide bonds. The smallest absolute Gasteiger partial charge is 0.264 e. The fourth-order valence-corrected chi connectivity index (χ4v) is 4.48. The largest absolute Gasteiger partial charge is 0.389 e. The number of anilines is 1. The van der Waals surface area contributed by atoms with Crippen LogP contribution < -0.4 is 10.5 Å². The SMILES string of the molecule is CCc1nc(NS(=O)(=O)c2ccccc2C(N)=S)sc1C. The van der Waals surface area contributed by atoms with Crippen molar-refractivity contribution in [2.75, 3.05) is 4.72 Å². The minimum atomic E-state index is -3.77. The Hall–Kier alpha value is -1.51. The number of benzene rings is 1. The third kappa shape index (κ3) is 3.39. The van der Waals surface area contributed by atoms with Crippen LogP contribution in [0.2, 0.25) is 0 Å². The third-order valence-corrected chi connectivity index (χ3v) is 5.57. The Balaban J connectivity index is 2.41. The number of nitrogens with zero attached hydrogens (tertiary/aromatic N) is 1. The molecule has 0 saturated carbocycles. The molecule has 8 heteroatoms. The first-order valence-electron chi connectivity index (χ1n) is 6.23. The van der Waals surface area contributed by atoms with Crippen LogP contribution in [0.1, 0.15) is 23.1 Å². The summed E-state index contributed by atoms with van der Waals surface area (Å²) >= 11 is 6.21.